The van der Waals surface area contributed by atoms with Gasteiger partial charge in [0.05, 0.1) is 15.9 Å². The summed E-state index contributed by atoms with van der Waals surface area (Å²) in [6, 6.07) is 7.08. The van der Waals surface area contributed by atoms with Gasteiger partial charge < -0.3 is 9.47 Å². The monoisotopic (exact) mass is 378 g/mol. The summed E-state index contributed by atoms with van der Waals surface area (Å²) in [5.74, 6) is 1.12. The topological polar surface area (TPSA) is 129 Å². The molecule has 2 heterocycles. The van der Waals surface area contributed by atoms with Gasteiger partial charge in [-0.15, -0.1) is 0 Å². The van der Waals surface area contributed by atoms with Crippen LogP contribution in [0, 0.1) is 20.2 Å². The van der Waals surface area contributed by atoms with Crippen molar-refractivity contribution < 1.29 is 19.3 Å². The minimum Gasteiger partial charge on any atom is -0.481 e. The van der Waals surface area contributed by atoms with Gasteiger partial charge in [0, 0.05) is 30.4 Å². The number of ether oxygens (including phenoxy) is 2. The lowest BCUT2D eigenvalue weighted by molar-refractivity contribution is -0.419. The molecule has 2 aromatic rings. The molecule has 0 aromatic heterocycles. The SMILES string of the molecule is O=[N+]([O-])C1=C[C@H]2Oc3cc4c(cc3=N[C@@H]2C=C1)Oc1cc([N+](=O)[O-])ccc1N=4. The Morgan fingerprint density at radius 3 is 2.57 bits per heavy atom. The molecule has 5 rings (SSSR count). The fourth-order valence-electron chi connectivity index (χ4n) is 3.22. The van der Waals surface area contributed by atoms with E-state index in [1.54, 1.807) is 18.2 Å². The Kier molecular flexibility index (Phi) is 3.29. The number of hydrogen-bond donors (Lipinski definition) is 0. The summed E-state index contributed by atoms with van der Waals surface area (Å²) in [7, 11) is 0. The number of non-ortho nitro benzene ring substituents is 1. The molecule has 28 heavy (non-hydrogen) atoms. The molecular formula is C18H10N4O6. The molecular weight excluding hydrogens is 368 g/mol. The Morgan fingerprint density at radius 1 is 0.964 bits per heavy atom. The van der Waals surface area contributed by atoms with Gasteiger partial charge in [-0.05, 0) is 12.1 Å². The third kappa shape index (κ3) is 2.50. The molecule has 0 spiro atoms. The molecule has 0 unspecified atom stereocenters. The van der Waals surface area contributed by atoms with Crippen LogP contribution in [0.3, 0.4) is 0 Å². The van der Waals surface area contributed by atoms with E-state index in [1.165, 1.54) is 30.4 Å². The highest BCUT2D eigenvalue weighted by molar-refractivity contribution is 5.60. The minimum atomic E-state index is -0.574. The number of allylic oxidation sites excluding steroid dienone is 1. The average Bonchev–Trinajstić information content (AvgIpc) is 2.68. The van der Waals surface area contributed by atoms with E-state index in [-0.39, 0.29) is 23.2 Å². The molecule has 10 nitrogen and oxygen atoms in total. The van der Waals surface area contributed by atoms with Gasteiger partial charge in [-0.2, -0.15) is 0 Å². The second kappa shape index (κ2) is 5.71. The number of rotatable bonds is 2. The Morgan fingerprint density at radius 2 is 1.79 bits per heavy atom. The van der Waals surface area contributed by atoms with E-state index in [9.17, 15) is 20.2 Å². The van der Waals surface area contributed by atoms with Crippen LogP contribution < -0.4 is 20.2 Å². The summed E-state index contributed by atoms with van der Waals surface area (Å²) < 4.78 is 11.7. The highest BCUT2D eigenvalue weighted by atomic mass is 16.6. The smallest absolute Gasteiger partial charge is 0.273 e. The molecule has 2 aromatic carbocycles. The molecule has 2 atom stereocenters. The van der Waals surface area contributed by atoms with Gasteiger partial charge in [0.2, 0.25) is 0 Å². The van der Waals surface area contributed by atoms with E-state index < -0.39 is 16.0 Å². The Balaban J connectivity index is 1.58. The lowest BCUT2D eigenvalue weighted by Crippen LogP contribution is -2.38. The molecule has 0 N–H and O–H groups in total. The maximum atomic E-state index is 11.0. The highest BCUT2D eigenvalue weighted by Gasteiger charge is 2.30. The predicted molar refractivity (Wildman–Crippen MR) is 94.0 cm³/mol. The second-order valence-corrected chi connectivity index (χ2v) is 6.32. The predicted octanol–water partition coefficient (Wildman–Crippen LogP) is 2.13. The zero-order chi connectivity index (χ0) is 19.4. The summed E-state index contributed by atoms with van der Waals surface area (Å²) in [6.45, 7) is 0. The van der Waals surface area contributed by atoms with Crippen molar-refractivity contribution in [2.45, 2.75) is 12.1 Å². The van der Waals surface area contributed by atoms with Crippen LogP contribution in [0.4, 0.5) is 11.4 Å². The number of nitrogens with zero attached hydrogens (tertiary/aromatic N) is 4. The van der Waals surface area contributed by atoms with E-state index >= 15 is 0 Å². The van der Waals surface area contributed by atoms with E-state index in [0.29, 0.717) is 27.9 Å². The largest absolute Gasteiger partial charge is 0.481 e. The molecule has 0 saturated carbocycles. The standard InChI is InChI=1S/C18H10N4O6/c23-21(24)9-1-3-11-15(5-9)27-17-8-14-18(7-13(17)19-11)28-16-6-10(22(25)26)2-4-12(16)20-14/h1-8,11,15H/t11-,15-/m1/s1. The number of nitro benzene ring substituents is 1. The second-order valence-electron chi connectivity index (χ2n) is 6.32. The fraction of sp³-hybridized carbons (Fsp3) is 0.111. The van der Waals surface area contributed by atoms with Gasteiger partial charge in [0.15, 0.2) is 11.5 Å². The van der Waals surface area contributed by atoms with Crippen LogP contribution >= 0.6 is 0 Å². The molecule has 0 radical (unpaired) electrons. The van der Waals surface area contributed by atoms with Crippen LogP contribution in [0.15, 0.2) is 64.2 Å². The molecule has 0 fully saturated rings. The Bertz CT molecular complexity index is 1250. The van der Waals surface area contributed by atoms with Crippen molar-refractivity contribution in [1.29, 1.82) is 0 Å². The maximum absolute atomic E-state index is 11.0. The number of nitro groups is 2. The van der Waals surface area contributed by atoms with Crippen molar-refractivity contribution in [2.24, 2.45) is 9.98 Å². The molecule has 0 bridgehead atoms. The van der Waals surface area contributed by atoms with Crippen molar-refractivity contribution in [1.82, 2.24) is 0 Å². The van der Waals surface area contributed by atoms with Crippen LogP contribution in [0.2, 0.25) is 0 Å². The normalized spacial score (nSPS) is 20.5. The molecule has 138 valence electrons. The lowest BCUT2D eigenvalue weighted by atomic mass is 10.0. The Labute approximate surface area is 156 Å². The van der Waals surface area contributed by atoms with Crippen molar-refractivity contribution >= 4 is 11.4 Å². The van der Waals surface area contributed by atoms with Crippen molar-refractivity contribution in [3.05, 3.63) is 85.2 Å². The fourth-order valence-corrected chi connectivity index (χ4v) is 3.22. The Hall–Kier alpha value is -4.08. The third-order valence-corrected chi connectivity index (χ3v) is 4.55. The van der Waals surface area contributed by atoms with Gasteiger partial charge in [-0.3, -0.25) is 25.2 Å². The first-order valence-electron chi connectivity index (χ1n) is 8.26. The van der Waals surface area contributed by atoms with E-state index in [4.69, 9.17) is 9.47 Å². The van der Waals surface area contributed by atoms with Gasteiger partial charge in [0.1, 0.15) is 34.3 Å². The number of hydrogen-bond acceptors (Lipinski definition) is 8. The van der Waals surface area contributed by atoms with E-state index in [2.05, 4.69) is 9.98 Å². The van der Waals surface area contributed by atoms with Gasteiger partial charge in [-0.1, -0.05) is 0 Å². The quantitative estimate of drug-likeness (QED) is 0.496. The zero-order valence-electron chi connectivity index (χ0n) is 14.0. The summed E-state index contributed by atoms with van der Waals surface area (Å²) in [5, 5.41) is 22.9. The molecule has 3 aliphatic rings. The number of benzene rings is 2. The van der Waals surface area contributed by atoms with Crippen molar-refractivity contribution in [2.75, 3.05) is 0 Å². The average molecular weight is 378 g/mol. The molecule has 1 aliphatic carbocycles. The van der Waals surface area contributed by atoms with E-state index in [1.807, 2.05) is 0 Å². The third-order valence-electron chi connectivity index (χ3n) is 4.55. The lowest BCUT2D eigenvalue weighted by Gasteiger charge is -2.26. The summed E-state index contributed by atoms with van der Waals surface area (Å²) in [5.41, 5.74) is 0.327. The van der Waals surface area contributed by atoms with Crippen LogP contribution in [-0.4, -0.2) is 22.0 Å². The van der Waals surface area contributed by atoms with E-state index in [0.717, 1.165) is 0 Å². The minimum absolute atomic E-state index is 0.0404. The van der Waals surface area contributed by atoms with Crippen molar-refractivity contribution in [3.8, 4) is 17.2 Å². The summed E-state index contributed by atoms with van der Waals surface area (Å²) in [6.07, 6.45) is 3.88. The zero-order valence-corrected chi connectivity index (χ0v) is 14.0. The molecule has 2 aliphatic heterocycles. The first-order valence-corrected chi connectivity index (χ1v) is 8.26. The molecule has 0 amide bonds. The summed E-state index contributed by atoms with van der Waals surface area (Å²) >= 11 is 0. The highest BCUT2D eigenvalue weighted by Crippen LogP contribution is 2.36. The molecule has 0 saturated heterocycles. The van der Waals surface area contributed by atoms with Crippen LogP contribution in [0.1, 0.15) is 0 Å². The first-order chi connectivity index (χ1) is 13.5. The summed E-state index contributed by atoms with van der Waals surface area (Å²) in [4.78, 5) is 30.0. The molecule has 10 heteroatoms. The van der Waals surface area contributed by atoms with Crippen LogP contribution in [0.25, 0.3) is 0 Å². The van der Waals surface area contributed by atoms with Gasteiger partial charge in [-0.25, -0.2) is 4.99 Å². The number of fused-ring (bicyclic) bond motifs is 4. The first kappa shape index (κ1) is 16.1. The van der Waals surface area contributed by atoms with Crippen LogP contribution in [0.5, 0.6) is 17.2 Å². The van der Waals surface area contributed by atoms with Gasteiger partial charge >= 0.3 is 0 Å². The maximum Gasteiger partial charge on any atom is 0.273 e. The van der Waals surface area contributed by atoms with Gasteiger partial charge in [0.25, 0.3) is 11.4 Å². The van der Waals surface area contributed by atoms with Crippen LogP contribution in [-0.2, 0) is 0 Å². The van der Waals surface area contributed by atoms with Crippen molar-refractivity contribution in [3.63, 3.8) is 0 Å².